The average molecular weight is 326 g/mol. The van der Waals surface area contributed by atoms with Crippen molar-refractivity contribution >= 4 is 5.78 Å². The smallest absolute Gasteiger partial charge is 0.152 e. The molecule has 0 radical (unpaired) electrons. The second-order valence-corrected chi connectivity index (χ2v) is 7.29. The summed E-state index contributed by atoms with van der Waals surface area (Å²) < 4.78 is 0. The first-order valence-electron chi connectivity index (χ1n) is 8.19. The summed E-state index contributed by atoms with van der Waals surface area (Å²) in [6, 6.07) is 15.1. The molecule has 0 spiro atoms. The summed E-state index contributed by atoms with van der Waals surface area (Å²) in [6.45, 7) is 7.75. The van der Waals surface area contributed by atoms with Gasteiger partial charge in [0.1, 0.15) is 0 Å². The van der Waals surface area contributed by atoms with Crippen LogP contribution < -0.4 is 0 Å². The highest BCUT2D eigenvalue weighted by Crippen LogP contribution is 2.35. The maximum Gasteiger partial charge on any atom is 0.152 e. The van der Waals surface area contributed by atoms with Crippen LogP contribution in [0.4, 0.5) is 0 Å². The van der Waals surface area contributed by atoms with Gasteiger partial charge < -0.3 is 10.2 Å². The van der Waals surface area contributed by atoms with E-state index in [0.717, 1.165) is 22.3 Å². The van der Waals surface area contributed by atoms with Gasteiger partial charge in [-0.3, -0.25) is 4.79 Å². The molecule has 0 heterocycles. The monoisotopic (exact) mass is 326 g/mol. The number of carbonyl (C=O) groups is 1. The van der Waals surface area contributed by atoms with Gasteiger partial charge in [0, 0.05) is 10.8 Å². The third-order valence-electron chi connectivity index (χ3n) is 4.85. The summed E-state index contributed by atoms with van der Waals surface area (Å²) in [6.07, 6.45) is 0. The zero-order valence-electron chi connectivity index (χ0n) is 14.8. The first kappa shape index (κ1) is 18.4. The SMILES string of the molecule is CC(C)(C(=O)C(C)(C)c1ccc(CO)cc1)c1ccc(CO)cc1. The van der Waals surface area contributed by atoms with Crippen molar-refractivity contribution in [3.05, 3.63) is 70.8 Å². The van der Waals surface area contributed by atoms with Crippen LogP contribution in [0.5, 0.6) is 0 Å². The lowest BCUT2D eigenvalue weighted by molar-refractivity contribution is -0.128. The first-order valence-corrected chi connectivity index (χ1v) is 8.19. The molecule has 0 aliphatic carbocycles. The molecule has 0 aromatic heterocycles. The summed E-state index contributed by atoms with van der Waals surface area (Å²) in [4.78, 5) is 13.3. The Labute approximate surface area is 144 Å². The Kier molecular flexibility index (Phi) is 5.26. The number of aliphatic hydroxyl groups is 2. The topological polar surface area (TPSA) is 57.5 Å². The lowest BCUT2D eigenvalue weighted by Gasteiger charge is -2.34. The van der Waals surface area contributed by atoms with Crippen molar-refractivity contribution in [2.75, 3.05) is 0 Å². The Hall–Kier alpha value is -1.97. The Bertz CT molecular complexity index is 633. The zero-order valence-corrected chi connectivity index (χ0v) is 14.8. The van der Waals surface area contributed by atoms with Crippen molar-refractivity contribution in [1.29, 1.82) is 0 Å². The molecule has 0 saturated heterocycles. The number of carbonyl (C=O) groups excluding carboxylic acids is 1. The fourth-order valence-corrected chi connectivity index (χ4v) is 3.10. The zero-order chi connectivity index (χ0) is 18.0. The molecule has 0 aliphatic rings. The van der Waals surface area contributed by atoms with Crippen molar-refractivity contribution < 1.29 is 15.0 Å². The summed E-state index contributed by atoms with van der Waals surface area (Å²) in [5.41, 5.74) is 2.25. The van der Waals surface area contributed by atoms with Crippen LogP contribution in [0.1, 0.15) is 49.9 Å². The third kappa shape index (κ3) is 3.42. The number of rotatable bonds is 6. The van der Waals surface area contributed by atoms with Crippen molar-refractivity contribution in [2.45, 2.75) is 51.7 Å². The molecule has 2 N–H and O–H groups in total. The fourth-order valence-electron chi connectivity index (χ4n) is 3.10. The van der Waals surface area contributed by atoms with Gasteiger partial charge in [-0.2, -0.15) is 0 Å². The van der Waals surface area contributed by atoms with E-state index in [4.69, 9.17) is 0 Å². The maximum absolute atomic E-state index is 13.3. The molecule has 2 aromatic rings. The molecule has 0 amide bonds. The molecule has 0 unspecified atom stereocenters. The number of ketones is 1. The summed E-state index contributed by atoms with van der Waals surface area (Å²) in [7, 11) is 0. The van der Waals surface area contributed by atoms with E-state index >= 15 is 0 Å². The minimum absolute atomic E-state index is 0.00263. The molecule has 3 nitrogen and oxygen atoms in total. The molecule has 0 saturated carbocycles. The van der Waals surface area contributed by atoms with Crippen LogP contribution in [0.15, 0.2) is 48.5 Å². The van der Waals surface area contributed by atoms with Gasteiger partial charge in [-0.1, -0.05) is 48.5 Å². The van der Waals surface area contributed by atoms with Gasteiger partial charge in [-0.15, -0.1) is 0 Å². The van der Waals surface area contributed by atoms with Gasteiger partial charge in [0.05, 0.1) is 13.2 Å². The molecular weight excluding hydrogens is 300 g/mol. The minimum Gasteiger partial charge on any atom is -0.392 e. The van der Waals surface area contributed by atoms with E-state index in [1.165, 1.54) is 0 Å². The second kappa shape index (κ2) is 6.88. The largest absolute Gasteiger partial charge is 0.392 e. The molecule has 0 aliphatic heterocycles. The van der Waals surface area contributed by atoms with Gasteiger partial charge in [-0.25, -0.2) is 0 Å². The van der Waals surface area contributed by atoms with Gasteiger partial charge in [0.15, 0.2) is 5.78 Å². The van der Waals surface area contributed by atoms with E-state index in [0.29, 0.717) is 0 Å². The van der Waals surface area contributed by atoms with Crippen LogP contribution in [0, 0.1) is 0 Å². The summed E-state index contributed by atoms with van der Waals surface area (Å²) >= 11 is 0. The molecule has 0 fully saturated rings. The quantitative estimate of drug-likeness (QED) is 0.854. The Morgan fingerprint density at radius 1 is 0.708 bits per heavy atom. The Morgan fingerprint density at radius 2 is 1.00 bits per heavy atom. The molecule has 24 heavy (non-hydrogen) atoms. The van der Waals surface area contributed by atoms with E-state index < -0.39 is 10.8 Å². The lowest BCUT2D eigenvalue weighted by Crippen LogP contribution is -2.42. The highest BCUT2D eigenvalue weighted by Gasteiger charge is 2.41. The molecule has 2 rings (SSSR count). The summed E-state index contributed by atoms with van der Waals surface area (Å²) in [5.74, 6) is 0.128. The van der Waals surface area contributed by atoms with Crippen molar-refractivity contribution in [2.24, 2.45) is 0 Å². The maximum atomic E-state index is 13.3. The molecule has 0 bridgehead atoms. The first-order chi connectivity index (χ1) is 11.2. The standard InChI is InChI=1S/C21H26O3/c1-20(2,17-9-5-15(13-22)6-10-17)19(24)21(3,4)18-11-7-16(14-23)8-12-18/h5-12,22-23H,13-14H2,1-4H3. The predicted molar refractivity (Wildman–Crippen MR) is 95.8 cm³/mol. The van der Waals surface area contributed by atoms with Gasteiger partial charge >= 0.3 is 0 Å². The van der Waals surface area contributed by atoms with Crippen molar-refractivity contribution in [3.63, 3.8) is 0 Å². The molecular formula is C21H26O3. The number of Topliss-reactive ketones (excluding diaryl/α,β-unsaturated/α-hetero) is 1. The number of hydrogen-bond acceptors (Lipinski definition) is 3. The number of benzene rings is 2. The van der Waals surface area contributed by atoms with E-state index in [2.05, 4.69) is 0 Å². The second-order valence-electron chi connectivity index (χ2n) is 7.29. The van der Waals surface area contributed by atoms with Crippen LogP contribution in [-0.4, -0.2) is 16.0 Å². The molecule has 2 aromatic carbocycles. The normalized spacial score (nSPS) is 12.2. The van der Waals surface area contributed by atoms with E-state index in [1.54, 1.807) is 0 Å². The number of aliphatic hydroxyl groups excluding tert-OH is 2. The van der Waals surface area contributed by atoms with Gasteiger partial charge in [0.2, 0.25) is 0 Å². The fraction of sp³-hybridized carbons (Fsp3) is 0.381. The molecule has 0 atom stereocenters. The van der Waals surface area contributed by atoms with Crippen molar-refractivity contribution in [1.82, 2.24) is 0 Å². The Balaban J connectivity index is 2.34. The average Bonchev–Trinajstić information content (AvgIpc) is 2.61. The van der Waals surface area contributed by atoms with Crippen LogP contribution in [0.2, 0.25) is 0 Å². The van der Waals surface area contributed by atoms with Crippen molar-refractivity contribution in [3.8, 4) is 0 Å². The van der Waals surface area contributed by atoms with Gasteiger partial charge in [0.25, 0.3) is 0 Å². The lowest BCUT2D eigenvalue weighted by atomic mass is 9.67. The third-order valence-corrected chi connectivity index (χ3v) is 4.85. The molecule has 128 valence electrons. The van der Waals surface area contributed by atoms with Crippen LogP contribution >= 0.6 is 0 Å². The highest BCUT2D eigenvalue weighted by molar-refractivity contribution is 5.97. The summed E-state index contributed by atoms with van der Waals surface area (Å²) in [5, 5.41) is 18.4. The van der Waals surface area contributed by atoms with E-state index in [9.17, 15) is 15.0 Å². The predicted octanol–water partition coefficient (Wildman–Crippen LogP) is 3.50. The highest BCUT2D eigenvalue weighted by atomic mass is 16.3. The van der Waals surface area contributed by atoms with Gasteiger partial charge in [-0.05, 0) is 49.9 Å². The van der Waals surface area contributed by atoms with E-state index in [1.807, 2.05) is 76.2 Å². The van der Waals surface area contributed by atoms with E-state index in [-0.39, 0.29) is 19.0 Å². The Morgan fingerprint density at radius 3 is 1.25 bits per heavy atom. The minimum atomic E-state index is -0.646. The number of hydrogen-bond donors (Lipinski definition) is 2. The molecule has 3 heteroatoms. The van der Waals surface area contributed by atoms with Crippen LogP contribution in [0.25, 0.3) is 0 Å². The van der Waals surface area contributed by atoms with Crippen LogP contribution in [0.3, 0.4) is 0 Å². The van der Waals surface area contributed by atoms with Crippen LogP contribution in [-0.2, 0) is 28.8 Å².